The third-order valence-corrected chi connectivity index (χ3v) is 4.38. The zero-order chi connectivity index (χ0) is 15.5. The maximum absolute atomic E-state index is 11.9. The van der Waals surface area contributed by atoms with Gasteiger partial charge in [0.25, 0.3) is 5.91 Å². The van der Waals surface area contributed by atoms with Crippen molar-refractivity contribution < 1.29 is 9.53 Å². The Kier molecular flexibility index (Phi) is 4.40. The molecule has 0 spiro atoms. The van der Waals surface area contributed by atoms with E-state index in [0.29, 0.717) is 10.9 Å². The maximum Gasteiger partial charge on any atom is 0.264 e. The van der Waals surface area contributed by atoms with E-state index in [4.69, 9.17) is 4.74 Å². The fourth-order valence-corrected chi connectivity index (χ4v) is 3.40. The minimum atomic E-state index is -0.223. The highest BCUT2D eigenvalue weighted by molar-refractivity contribution is 9.10. The van der Waals surface area contributed by atoms with Crippen LogP contribution in [0, 0.1) is 6.92 Å². The number of ether oxygens (including phenoxy) is 1. The minimum absolute atomic E-state index is 0.0386. The highest BCUT2D eigenvalue weighted by atomic mass is 79.9. The Labute approximate surface area is 140 Å². The molecular weight excluding hydrogens is 364 g/mol. The number of aryl methyl sites for hydroxylation is 1. The number of hydrogen-bond donors (Lipinski definition) is 1. The van der Waals surface area contributed by atoms with Crippen LogP contribution in [0.2, 0.25) is 0 Å². The van der Waals surface area contributed by atoms with Crippen molar-refractivity contribution >= 4 is 48.5 Å². The van der Waals surface area contributed by atoms with Gasteiger partial charge in [0.15, 0.2) is 11.7 Å². The number of carbonyl (C=O) groups excluding carboxylic acids is 1. The van der Waals surface area contributed by atoms with Gasteiger partial charge < -0.3 is 4.74 Å². The third kappa shape index (κ3) is 3.64. The lowest BCUT2D eigenvalue weighted by Crippen LogP contribution is -2.20. The molecule has 0 aliphatic heterocycles. The number of halogens is 1. The van der Waals surface area contributed by atoms with E-state index in [1.54, 1.807) is 0 Å². The molecular formula is C16H13BrN2O2S. The average molecular weight is 377 g/mol. The van der Waals surface area contributed by atoms with Crippen LogP contribution in [0.3, 0.4) is 0 Å². The number of anilines is 1. The first-order chi connectivity index (χ1) is 10.6. The summed E-state index contributed by atoms with van der Waals surface area (Å²) >= 11 is 4.86. The van der Waals surface area contributed by atoms with Gasteiger partial charge in [-0.05, 0) is 42.8 Å². The Morgan fingerprint density at radius 3 is 3.00 bits per heavy atom. The first-order valence-corrected chi connectivity index (χ1v) is 8.26. The largest absolute Gasteiger partial charge is 0.484 e. The van der Waals surface area contributed by atoms with Gasteiger partial charge in [-0.2, -0.15) is 0 Å². The Morgan fingerprint density at radius 1 is 1.32 bits per heavy atom. The van der Waals surface area contributed by atoms with Crippen LogP contribution >= 0.6 is 27.3 Å². The summed E-state index contributed by atoms with van der Waals surface area (Å²) in [5, 5.41) is 3.34. The van der Waals surface area contributed by atoms with E-state index in [9.17, 15) is 4.79 Å². The molecule has 112 valence electrons. The lowest BCUT2D eigenvalue weighted by Gasteiger charge is -2.06. The molecule has 3 rings (SSSR count). The number of thiazole rings is 1. The van der Waals surface area contributed by atoms with Gasteiger partial charge in [0.1, 0.15) is 5.75 Å². The van der Waals surface area contributed by atoms with Gasteiger partial charge in [-0.25, -0.2) is 4.98 Å². The van der Waals surface area contributed by atoms with Crippen LogP contribution in [0.4, 0.5) is 5.13 Å². The van der Waals surface area contributed by atoms with E-state index < -0.39 is 0 Å². The number of nitrogens with zero attached hydrogens (tertiary/aromatic N) is 1. The summed E-state index contributed by atoms with van der Waals surface area (Å²) < 4.78 is 7.48. The molecule has 0 atom stereocenters. The third-order valence-electron chi connectivity index (χ3n) is 2.96. The minimum Gasteiger partial charge on any atom is -0.484 e. The zero-order valence-corrected chi connectivity index (χ0v) is 14.2. The zero-order valence-electron chi connectivity index (χ0n) is 11.8. The smallest absolute Gasteiger partial charge is 0.264 e. The summed E-state index contributed by atoms with van der Waals surface area (Å²) in [5.74, 6) is 0.461. The number of amides is 1. The molecule has 0 radical (unpaired) electrons. The maximum atomic E-state index is 11.9. The Bertz CT molecular complexity index is 832. The summed E-state index contributed by atoms with van der Waals surface area (Å²) in [6, 6.07) is 13.4. The number of carbonyl (C=O) groups is 1. The lowest BCUT2D eigenvalue weighted by atomic mass is 10.2. The number of rotatable bonds is 4. The summed E-state index contributed by atoms with van der Waals surface area (Å²) in [6.45, 7) is 1.94. The first-order valence-electron chi connectivity index (χ1n) is 6.65. The van der Waals surface area contributed by atoms with E-state index in [1.165, 1.54) is 11.3 Å². The molecule has 2 aromatic carbocycles. The van der Waals surface area contributed by atoms with Gasteiger partial charge in [0.05, 0.1) is 10.2 Å². The van der Waals surface area contributed by atoms with E-state index >= 15 is 0 Å². The van der Waals surface area contributed by atoms with Gasteiger partial charge in [-0.3, -0.25) is 10.1 Å². The number of hydrogen-bond acceptors (Lipinski definition) is 4. The van der Waals surface area contributed by atoms with Gasteiger partial charge in [0.2, 0.25) is 0 Å². The molecule has 1 N–H and O–H groups in total. The van der Waals surface area contributed by atoms with E-state index in [2.05, 4.69) is 26.2 Å². The van der Waals surface area contributed by atoms with Crippen LogP contribution in [0.25, 0.3) is 10.2 Å². The quantitative estimate of drug-likeness (QED) is 0.734. The Balaban J connectivity index is 1.63. The molecule has 0 bridgehead atoms. The van der Waals surface area contributed by atoms with Crippen molar-refractivity contribution in [3.8, 4) is 5.75 Å². The fraction of sp³-hybridized carbons (Fsp3) is 0.125. The lowest BCUT2D eigenvalue weighted by molar-refractivity contribution is -0.118. The second-order valence-electron chi connectivity index (χ2n) is 4.78. The van der Waals surface area contributed by atoms with Crippen molar-refractivity contribution in [1.29, 1.82) is 0 Å². The SMILES string of the molecule is Cc1cccc(OCC(=O)Nc2nc3ccc(Br)cc3s2)c1. The number of nitrogens with one attached hydrogen (secondary N) is 1. The van der Waals surface area contributed by atoms with Gasteiger partial charge in [0, 0.05) is 4.47 Å². The van der Waals surface area contributed by atoms with E-state index in [0.717, 1.165) is 20.3 Å². The molecule has 1 heterocycles. The van der Waals surface area contributed by atoms with Crippen molar-refractivity contribution in [2.75, 3.05) is 11.9 Å². The predicted octanol–water partition coefficient (Wildman–Crippen LogP) is 4.38. The normalized spacial score (nSPS) is 10.6. The molecule has 0 aliphatic carbocycles. The Hall–Kier alpha value is -1.92. The molecule has 0 unspecified atom stereocenters. The number of benzene rings is 2. The molecule has 22 heavy (non-hydrogen) atoms. The summed E-state index contributed by atoms with van der Waals surface area (Å²) in [6.07, 6.45) is 0. The van der Waals surface area contributed by atoms with Crippen LogP contribution in [-0.2, 0) is 4.79 Å². The van der Waals surface area contributed by atoms with Gasteiger partial charge in [-0.1, -0.05) is 39.4 Å². The number of aromatic nitrogens is 1. The number of fused-ring (bicyclic) bond motifs is 1. The monoisotopic (exact) mass is 376 g/mol. The van der Waals surface area contributed by atoms with Crippen LogP contribution in [0.5, 0.6) is 5.75 Å². The van der Waals surface area contributed by atoms with E-state index in [1.807, 2.05) is 49.4 Å². The second kappa shape index (κ2) is 6.46. The molecule has 0 saturated heterocycles. The second-order valence-corrected chi connectivity index (χ2v) is 6.73. The van der Waals surface area contributed by atoms with Gasteiger partial charge >= 0.3 is 0 Å². The van der Waals surface area contributed by atoms with Crippen LogP contribution < -0.4 is 10.1 Å². The molecule has 6 heteroatoms. The molecule has 0 aliphatic rings. The summed E-state index contributed by atoms with van der Waals surface area (Å²) in [7, 11) is 0. The molecule has 0 fully saturated rings. The molecule has 1 aromatic heterocycles. The van der Waals surface area contributed by atoms with Crippen LogP contribution in [0.1, 0.15) is 5.56 Å². The average Bonchev–Trinajstić information content (AvgIpc) is 2.86. The van der Waals surface area contributed by atoms with Crippen LogP contribution in [-0.4, -0.2) is 17.5 Å². The summed E-state index contributed by atoms with van der Waals surface area (Å²) in [5.41, 5.74) is 1.96. The highest BCUT2D eigenvalue weighted by Crippen LogP contribution is 2.28. The summed E-state index contributed by atoms with van der Waals surface area (Å²) in [4.78, 5) is 16.3. The standard InChI is InChI=1S/C16H13BrN2O2S/c1-10-3-2-4-12(7-10)21-9-15(20)19-16-18-13-6-5-11(17)8-14(13)22-16/h2-8H,9H2,1H3,(H,18,19,20). The predicted molar refractivity (Wildman–Crippen MR) is 92.6 cm³/mol. The molecule has 1 amide bonds. The molecule has 0 saturated carbocycles. The van der Waals surface area contributed by atoms with Crippen molar-refractivity contribution in [3.63, 3.8) is 0 Å². The molecule has 4 nitrogen and oxygen atoms in total. The first kappa shape index (κ1) is 15.0. The topological polar surface area (TPSA) is 51.2 Å². The van der Waals surface area contributed by atoms with E-state index in [-0.39, 0.29) is 12.5 Å². The van der Waals surface area contributed by atoms with Crippen molar-refractivity contribution in [3.05, 3.63) is 52.5 Å². The highest BCUT2D eigenvalue weighted by Gasteiger charge is 2.09. The van der Waals surface area contributed by atoms with Crippen LogP contribution in [0.15, 0.2) is 46.9 Å². The Morgan fingerprint density at radius 2 is 2.18 bits per heavy atom. The van der Waals surface area contributed by atoms with Crippen molar-refractivity contribution in [1.82, 2.24) is 4.98 Å². The van der Waals surface area contributed by atoms with Crippen molar-refractivity contribution in [2.45, 2.75) is 6.92 Å². The van der Waals surface area contributed by atoms with Gasteiger partial charge in [-0.15, -0.1) is 0 Å². The fourth-order valence-electron chi connectivity index (χ4n) is 1.96. The van der Waals surface area contributed by atoms with Crippen molar-refractivity contribution in [2.24, 2.45) is 0 Å². The molecule has 3 aromatic rings.